The Kier molecular flexibility index (Phi) is 6.54. The molecule has 0 radical (unpaired) electrons. The number of unbranched alkanes of at least 4 members (excludes halogenated alkanes) is 2. The normalized spacial score (nSPS) is 9.50. The summed E-state index contributed by atoms with van der Waals surface area (Å²) in [7, 11) is 0. The van der Waals surface area contributed by atoms with Gasteiger partial charge in [-0.15, -0.1) is 0 Å². The van der Waals surface area contributed by atoms with Gasteiger partial charge in [0.25, 0.3) is 0 Å². The Labute approximate surface area is 76.6 Å². The van der Waals surface area contributed by atoms with Crippen LogP contribution < -0.4 is 5.32 Å². The first-order valence-electron chi connectivity index (χ1n) is 4.72. The van der Waals surface area contributed by atoms with Gasteiger partial charge in [0, 0.05) is 18.7 Å². The van der Waals surface area contributed by atoms with Gasteiger partial charge in [-0.1, -0.05) is 38.5 Å². The molecule has 0 atom stereocenters. The average molecular weight is 167 g/mol. The highest BCUT2D eigenvalue weighted by molar-refractivity contribution is 5.05. The molecule has 0 unspecified atom stereocenters. The maximum Gasteiger partial charge on any atom is 0.0143 e. The molecule has 0 spiro atoms. The van der Waals surface area contributed by atoms with E-state index in [9.17, 15) is 0 Å². The van der Waals surface area contributed by atoms with Crippen molar-refractivity contribution in [2.45, 2.75) is 39.5 Å². The first-order valence-corrected chi connectivity index (χ1v) is 4.72. The zero-order chi connectivity index (χ0) is 9.40. The third-order valence-corrected chi connectivity index (χ3v) is 1.67. The maximum atomic E-state index is 3.92. The minimum atomic E-state index is 0.909. The van der Waals surface area contributed by atoms with E-state index in [1.54, 1.807) is 0 Å². The van der Waals surface area contributed by atoms with Crippen LogP contribution in [0.2, 0.25) is 0 Å². The highest BCUT2D eigenvalue weighted by atomic mass is 14.9. The number of hydrogen-bond acceptors (Lipinski definition) is 1. The molecule has 0 aromatic carbocycles. The monoisotopic (exact) mass is 167 g/mol. The Morgan fingerprint density at radius 1 is 1.25 bits per heavy atom. The second kappa shape index (κ2) is 6.96. The summed E-state index contributed by atoms with van der Waals surface area (Å²) in [5, 5.41) is 3.29. The first kappa shape index (κ1) is 11.3. The van der Waals surface area contributed by atoms with Crippen molar-refractivity contribution < 1.29 is 0 Å². The van der Waals surface area contributed by atoms with E-state index in [0.29, 0.717) is 0 Å². The van der Waals surface area contributed by atoms with Crippen LogP contribution in [0.3, 0.4) is 0 Å². The lowest BCUT2D eigenvalue weighted by Gasteiger charge is -2.08. The van der Waals surface area contributed by atoms with E-state index in [4.69, 9.17) is 0 Å². The van der Waals surface area contributed by atoms with E-state index in [0.717, 1.165) is 18.7 Å². The molecule has 0 aromatic heterocycles. The SMILES string of the molecule is C=C(C)CC(=C)NCCCCC. The van der Waals surface area contributed by atoms with Gasteiger partial charge in [0.2, 0.25) is 0 Å². The Morgan fingerprint density at radius 2 is 1.92 bits per heavy atom. The lowest BCUT2D eigenvalue weighted by Crippen LogP contribution is -2.13. The summed E-state index contributed by atoms with van der Waals surface area (Å²) in [4.78, 5) is 0. The van der Waals surface area contributed by atoms with Crippen molar-refractivity contribution >= 4 is 0 Å². The van der Waals surface area contributed by atoms with E-state index in [1.807, 2.05) is 6.92 Å². The van der Waals surface area contributed by atoms with Crippen LogP contribution >= 0.6 is 0 Å². The fourth-order valence-electron chi connectivity index (χ4n) is 1.07. The lowest BCUT2D eigenvalue weighted by molar-refractivity contribution is 0.660. The largest absolute Gasteiger partial charge is 0.389 e. The predicted octanol–water partition coefficient (Wildman–Crippen LogP) is 3.25. The van der Waals surface area contributed by atoms with Crippen LogP contribution in [-0.2, 0) is 0 Å². The standard InChI is InChI=1S/C11H21N/c1-5-6-7-8-12-11(4)9-10(2)3/h12H,2,4-9H2,1,3H3. The second-order valence-electron chi connectivity index (χ2n) is 3.37. The summed E-state index contributed by atoms with van der Waals surface area (Å²) in [6.45, 7) is 13.1. The average Bonchev–Trinajstić information content (AvgIpc) is 1.97. The van der Waals surface area contributed by atoms with E-state index in [1.165, 1.54) is 24.8 Å². The van der Waals surface area contributed by atoms with Crippen LogP contribution in [0, 0.1) is 0 Å². The van der Waals surface area contributed by atoms with Crippen molar-refractivity contribution in [3.05, 3.63) is 24.4 Å². The molecule has 1 N–H and O–H groups in total. The first-order chi connectivity index (χ1) is 5.66. The molecule has 0 aliphatic heterocycles. The number of rotatable bonds is 7. The van der Waals surface area contributed by atoms with Gasteiger partial charge in [0.1, 0.15) is 0 Å². The molecule has 1 heteroatoms. The van der Waals surface area contributed by atoms with Crippen LogP contribution in [0.1, 0.15) is 39.5 Å². The molecular formula is C11H21N. The fourth-order valence-corrected chi connectivity index (χ4v) is 1.07. The van der Waals surface area contributed by atoms with E-state index >= 15 is 0 Å². The van der Waals surface area contributed by atoms with Crippen molar-refractivity contribution in [3.8, 4) is 0 Å². The lowest BCUT2D eigenvalue weighted by atomic mass is 10.2. The third-order valence-electron chi connectivity index (χ3n) is 1.67. The van der Waals surface area contributed by atoms with Gasteiger partial charge >= 0.3 is 0 Å². The Morgan fingerprint density at radius 3 is 2.42 bits per heavy atom. The van der Waals surface area contributed by atoms with Crippen molar-refractivity contribution in [1.29, 1.82) is 0 Å². The van der Waals surface area contributed by atoms with Crippen molar-refractivity contribution in [2.24, 2.45) is 0 Å². The van der Waals surface area contributed by atoms with Crippen LogP contribution in [0.25, 0.3) is 0 Å². The molecule has 12 heavy (non-hydrogen) atoms. The Bertz CT molecular complexity index is 147. The van der Waals surface area contributed by atoms with Gasteiger partial charge < -0.3 is 5.32 Å². The molecule has 1 nitrogen and oxygen atoms in total. The Hall–Kier alpha value is -0.720. The zero-order valence-electron chi connectivity index (χ0n) is 8.45. The molecule has 0 saturated carbocycles. The van der Waals surface area contributed by atoms with Gasteiger partial charge in [-0.05, 0) is 13.3 Å². The molecule has 70 valence electrons. The molecule has 0 aromatic rings. The number of allylic oxidation sites excluding steroid dienone is 1. The molecule has 0 saturated heterocycles. The minimum Gasteiger partial charge on any atom is -0.389 e. The predicted molar refractivity (Wildman–Crippen MR) is 56.1 cm³/mol. The molecule has 0 bridgehead atoms. The highest BCUT2D eigenvalue weighted by Crippen LogP contribution is 2.03. The van der Waals surface area contributed by atoms with Crippen LogP contribution in [0.5, 0.6) is 0 Å². The minimum absolute atomic E-state index is 0.909. The zero-order valence-corrected chi connectivity index (χ0v) is 8.45. The van der Waals surface area contributed by atoms with Crippen LogP contribution in [0.15, 0.2) is 24.4 Å². The summed E-state index contributed by atoms with van der Waals surface area (Å²) in [6, 6.07) is 0. The van der Waals surface area contributed by atoms with E-state index < -0.39 is 0 Å². The van der Waals surface area contributed by atoms with Gasteiger partial charge in [-0.3, -0.25) is 0 Å². The van der Waals surface area contributed by atoms with Crippen molar-refractivity contribution in [3.63, 3.8) is 0 Å². The molecule has 0 fully saturated rings. The van der Waals surface area contributed by atoms with E-state index in [-0.39, 0.29) is 0 Å². The van der Waals surface area contributed by atoms with E-state index in [2.05, 4.69) is 25.4 Å². The quantitative estimate of drug-likeness (QED) is 0.453. The molecular weight excluding hydrogens is 146 g/mol. The van der Waals surface area contributed by atoms with Gasteiger partial charge in [0.15, 0.2) is 0 Å². The smallest absolute Gasteiger partial charge is 0.0143 e. The third kappa shape index (κ3) is 7.39. The van der Waals surface area contributed by atoms with Crippen molar-refractivity contribution in [1.82, 2.24) is 5.32 Å². The maximum absolute atomic E-state index is 3.92. The fraction of sp³-hybridized carbons (Fsp3) is 0.636. The summed E-state index contributed by atoms with van der Waals surface area (Å²) in [5.41, 5.74) is 2.27. The summed E-state index contributed by atoms with van der Waals surface area (Å²) < 4.78 is 0. The summed E-state index contributed by atoms with van der Waals surface area (Å²) in [6.07, 6.45) is 4.72. The topological polar surface area (TPSA) is 12.0 Å². The van der Waals surface area contributed by atoms with Gasteiger partial charge in [0.05, 0.1) is 0 Å². The van der Waals surface area contributed by atoms with Gasteiger partial charge in [-0.25, -0.2) is 0 Å². The van der Waals surface area contributed by atoms with Crippen molar-refractivity contribution in [2.75, 3.05) is 6.54 Å². The summed E-state index contributed by atoms with van der Waals surface area (Å²) in [5.74, 6) is 0. The molecule has 0 aliphatic carbocycles. The number of hydrogen-bond donors (Lipinski definition) is 1. The molecule has 0 aliphatic rings. The second-order valence-corrected chi connectivity index (χ2v) is 3.37. The van der Waals surface area contributed by atoms with Gasteiger partial charge in [-0.2, -0.15) is 0 Å². The Balaban J connectivity index is 3.26. The highest BCUT2D eigenvalue weighted by Gasteiger charge is 1.92. The van der Waals surface area contributed by atoms with Crippen LogP contribution in [0.4, 0.5) is 0 Å². The molecule has 0 rings (SSSR count). The number of nitrogens with one attached hydrogen (secondary N) is 1. The summed E-state index contributed by atoms with van der Waals surface area (Å²) >= 11 is 0. The molecule has 0 heterocycles. The molecule has 0 amide bonds. The van der Waals surface area contributed by atoms with Crippen LogP contribution in [-0.4, -0.2) is 6.54 Å².